The summed E-state index contributed by atoms with van der Waals surface area (Å²) in [4.78, 5) is 40.7. The summed E-state index contributed by atoms with van der Waals surface area (Å²) >= 11 is 2.86. The van der Waals surface area contributed by atoms with Crippen molar-refractivity contribution in [2.24, 2.45) is 0 Å². The van der Waals surface area contributed by atoms with Gasteiger partial charge in [0.25, 0.3) is 0 Å². The largest absolute Gasteiger partial charge is 0.344 e. The lowest BCUT2D eigenvalue weighted by Crippen LogP contribution is -2.37. The van der Waals surface area contributed by atoms with E-state index < -0.39 is 6.04 Å². The first-order valence-electron chi connectivity index (χ1n) is 8.02. The summed E-state index contributed by atoms with van der Waals surface area (Å²) in [5, 5.41) is 10.3. The summed E-state index contributed by atoms with van der Waals surface area (Å²) in [6.07, 6.45) is 2.94. The number of carbonyl (C=O) groups is 3. The molecule has 0 aliphatic carbocycles. The summed E-state index contributed by atoms with van der Waals surface area (Å²) in [6, 6.07) is 7.09. The second kappa shape index (κ2) is 8.33. The van der Waals surface area contributed by atoms with Gasteiger partial charge in [0.1, 0.15) is 6.04 Å². The summed E-state index contributed by atoms with van der Waals surface area (Å²) < 4.78 is 0. The van der Waals surface area contributed by atoms with Crippen LogP contribution in [-0.2, 0) is 20.8 Å². The van der Waals surface area contributed by atoms with Gasteiger partial charge in [0, 0.05) is 22.4 Å². The Morgan fingerprint density at radius 2 is 2.23 bits per heavy atom. The smallest absolute Gasteiger partial charge is 0.248 e. The van der Waals surface area contributed by atoms with E-state index in [2.05, 4.69) is 20.9 Å². The fourth-order valence-electron chi connectivity index (χ4n) is 2.52. The molecule has 0 spiro atoms. The maximum Gasteiger partial charge on any atom is 0.248 e. The molecular formula is C17H18N4O3S2. The molecule has 3 rings (SSSR count). The average molecular weight is 390 g/mol. The van der Waals surface area contributed by atoms with Gasteiger partial charge in [0.2, 0.25) is 17.7 Å². The number of thioether (sulfide) groups is 1. The van der Waals surface area contributed by atoms with Gasteiger partial charge in [-0.25, -0.2) is 4.98 Å². The van der Waals surface area contributed by atoms with Crippen molar-refractivity contribution in [1.29, 1.82) is 0 Å². The highest BCUT2D eigenvalue weighted by Gasteiger charge is 2.27. The van der Waals surface area contributed by atoms with Crippen molar-refractivity contribution in [2.75, 3.05) is 16.9 Å². The molecule has 2 heterocycles. The van der Waals surface area contributed by atoms with Crippen molar-refractivity contribution in [3.8, 4) is 0 Å². The number of aromatic nitrogens is 1. The van der Waals surface area contributed by atoms with Crippen LogP contribution < -0.4 is 16.0 Å². The average Bonchev–Trinajstić information content (AvgIpc) is 3.24. The van der Waals surface area contributed by atoms with Crippen LogP contribution in [0.3, 0.4) is 0 Å². The van der Waals surface area contributed by atoms with Crippen molar-refractivity contribution >= 4 is 51.6 Å². The number of rotatable bonds is 6. The number of anilines is 2. The minimum absolute atomic E-state index is 0.118. The van der Waals surface area contributed by atoms with Crippen LogP contribution in [0.4, 0.5) is 10.8 Å². The van der Waals surface area contributed by atoms with Gasteiger partial charge < -0.3 is 16.0 Å². The van der Waals surface area contributed by atoms with E-state index in [1.54, 1.807) is 17.1 Å². The van der Waals surface area contributed by atoms with E-state index in [0.29, 0.717) is 23.7 Å². The van der Waals surface area contributed by atoms with Crippen molar-refractivity contribution in [3.05, 3.63) is 35.3 Å². The van der Waals surface area contributed by atoms with Crippen LogP contribution in [0.2, 0.25) is 0 Å². The third kappa shape index (κ3) is 4.83. The molecule has 9 heteroatoms. The predicted octanol–water partition coefficient (Wildman–Crippen LogP) is 2.26. The SMILES string of the molecule is CSc1cccc(NC(=O)Cc2csc(NC(=O)C3CCC(=O)N3)n2)c1. The van der Waals surface area contributed by atoms with Crippen LogP contribution in [0.5, 0.6) is 0 Å². The van der Waals surface area contributed by atoms with Gasteiger partial charge in [-0.2, -0.15) is 0 Å². The molecular weight excluding hydrogens is 372 g/mol. The van der Waals surface area contributed by atoms with Crippen LogP contribution in [0.15, 0.2) is 34.5 Å². The first kappa shape index (κ1) is 18.4. The van der Waals surface area contributed by atoms with Crippen LogP contribution in [0.1, 0.15) is 18.5 Å². The lowest BCUT2D eigenvalue weighted by molar-refractivity contribution is -0.122. The second-order valence-electron chi connectivity index (χ2n) is 5.75. The number of hydrogen-bond donors (Lipinski definition) is 3. The van der Waals surface area contributed by atoms with Gasteiger partial charge in [-0.05, 0) is 30.9 Å². The highest BCUT2D eigenvalue weighted by atomic mass is 32.2. The standard InChI is InChI=1S/C17H18N4O3S2/c1-25-12-4-2-3-10(7-12)18-15(23)8-11-9-26-17(19-11)21-16(24)13-5-6-14(22)20-13/h2-4,7,9,13H,5-6,8H2,1H3,(H,18,23)(H,20,22)(H,19,21,24). The monoisotopic (exact) mass is 390 g/mol. The minimum atomic E-state index is -0.512. The predicted molar refractivity (Wildman–Crippen MR) is 102 cm³/mol. The number of amides is 3. The van der Waals surface area contributed by atoms with Crippen molar-refractivity contribution < 1.29 is 14.4 Å². The van der Waals surface area contributed by atoms with E-state index in [4.69, 9.17) is 0 Å². The number of hydrogen-bond acceptors (Lipinski definition) is 6. The van der Waals surface area contributed by atoms with Crippen LogP contribution in [0, 0.1) is 0 Å². The Kier molecular flexibility index (Phi) is 5.89. The summed E-state index contributed by atoms with van der Waals surface area (Å²) in [6.45, 7) is 0. The van der Waals surface area contributed by atoms with Gasteiger partial charge in [-0.15, -0.1) is 23.1 Å². The van der Waals surface area contributed by atoms with Gasteiger partial charge in [0.15, 0.2) is 5.13 Å². The molecule has 1 aliphatic heterocycles. The summed E-state index contributed by atoms with van der Waals surface area (Å²) in [5.41, 5.74) is 1.32. The maximum absolute atomic E-state index is 12.2. The van der Waals surface area contributed by atoms with Crippen LogP contribution >= 0.6 is 23.1 Å². The highest BCUT2D eigenvalue weighted by Crippen LogP contribution is 2.20. The van der Waals surface area contributed by atoms with E-state index >= 15 is 0 Å². The third-order valence-electron chi connectivity index (χ3n) is 3.79. The van der Waals surface area contributed by atoms with Crippen molar-refractivity contribution in [1.82, 2.24) is 10.3 Å². The number of nitrogens with zero attached hydrogens (tertiary/aromatic N) is 1. The molecule has 0 bridgehead atoms. The quantitative estimate of drug-likeness (QED) is 0.657. The van der Waals surface area contributed by atoms with Crippen molar-refractivity contribution in [2.45, 2.75) is 30.2 Å². The fraction of sp³-hybridized carbons (Fsp3) is 0.294. The van der Waals surface area contributed by atoms with E-state index in [1.807, 2.05) is 30.5 Å². The molecule has 1 aliphatic rings. The van der Waals surface area contributed by atoms with Crippen molar-refractivity contribution in [3.63, 3.8) is 0 Å². The highest BCUT2D eigenvalue weighted by molar-refractivity contribution is 7.98. The molecule has 0 radical (unpaired) electrons. The number of benzene rings is 1. The zero-order valence-electron chi connectivity index (χ0n) is 14.1. The van der Waals surface area contributed by atoms with Crippen LogP contribution in [0.25, 0.3) is 0 Å². The molecule has 7 nitrogen and oxygen atoms in total. The first-order valence-corrected chi connectivity index (χ1v) is 10.1. The molecule has 136 valence electrons. The lowest BCUT2D eigenvalue weighted by atomic mass is 10.2. The Bertz CT molecular complexity index is 837. The Hall–Kier alpha value is -2.39. The van der Waals surface area contributed by atoms with Gasteiger partial charge >= 0.3 is 0 Å². The minimum Gasteiger partial charge on any atom is -0.344 e. The van der Waals surface area contributed by atoms with E-state index in [9.17, 15) is 14.4 Å². The number of thiazole rings is 1. The molecule has 1 aromatic carbocycles. The molecule has 3 N–H and O–H groups in total. The topological polar surface area (TPSA) is 100 Å². The van der Waals surface area contributed by atoms with Gasteiger partial charge in [0.05, 0.1) is 12.1 Å². The Labute approximate surface area is 159 Å². The normalized spacial score (nSPS) is 16.2. The van der Waals surface area contributed by atoms with E-state index in [1.165, 1.54) is 11.3 Å². The fourth-order valence-corrected chi connectivity index (χ4v) is 3.69. The first-order chi connectivity index (χ1) is 12.5. The molecule has 1 fully saturated rings. The molecule has 1 saturated heterocycles. The second-order valence-corrected chi connectivity index (χ2v) is 7.49. The molecule has 1 unspecified atom stereocenters. The summed E-state index contributed by atoms with van der Waals surface area (Å²) in [5.74, 6) is -0.572. The molecule has 2 aromatic rings. The molecule has 0 saturated carbocycles. The van der Waals surface area contributed by atoms with E-state index in [0.717, 1.165) is 10.6 Å². The Morgan fingerprint density at radius 3 is 2.96 bits per heavy atom. The zero-order valence-corrected chi connectivity index (χ0v) is 15.7. The van der Waals surface area contributed by atoms with Crippen LogP contribution in [-0.4, -0.2) is 35.0 Å². The zero-order chi connectivity index (χ0) is 18.5. The molecule has 1 atom stereocenters. The Morgan fingerprint density at radius 1 is 1.38 bits per heavy atom. The van der Waals surface area contributed by atoms with Gasteiger partial charge in [-0.1, -0.05) is 6.07 Å². The van der Waals surface area contributed by atoms with Gasteiger partial charge in [-0.3, -0.25) is 14.4 Å². The lowest BCUT2D eigenvalue weighted by Gasteiger charge is -2.08. The number of carbonyl (C=O) groups excluding carboxylic acids is 3. The Balaban J connectivity index is 1.53. The van der Waals surface area contributed by atoms with E-state index in [-0.39, 0.29) is 24.1 Å². The molecule has 1 aromatic heterocycles. The molecule has 26 heavy (non-hydrogen) atoms. The third-order valence-corrected chi connectivity index (χ3v) is 5.32. The summed E-state index contributed by atoms with van der Waals surface area (Å²) in [7, 11) is 0. The molecule has 3 amide bonds. The maximum atomic E-state index is 12.2. The number of nitrogens with one attached hydrogen (secondary N) is 3.